The number of anilines is 2. The number of methoxy groups -OCH3 is 2. The molecule has 178 valence electrons. The van der Waals surface area contributed by atoms with Crippen LogP contribution in [0.4, 0.5) is 11.4 Å². The van der Waals surface area contributed by atoms with Crippen LogP contribution in [0.3, 0.4) is 0 Å². The third kappa shape index (κ3) is 4.33. The van der Waals surface area contributed by atoms with Gasteiger partial charge in [-0.15, -0.1) is 0 Å². The fourth-order valence-corrected chi connectivity index (χ4v) is 4.63. The molecule has 2 aliphatic heterocycles. The summed E-state index contributed by atoms with van der Waals surface area (Å²) in [5.41, 5.74) is 1.62. The van der Waals surface area contributed by atoms with Crippen LogP contribution < -0.4 is 24.0 Å². The number of allylic oxidation sites excluding steroid dienone is 1. The molecule has 1 amide bonds. The summed E-state index contributed by atoms with van der Waals surface area (Å²) in [6.45, 7) is 0. The Kier molecular flexibility index (Phi) is 6.14. The van der Waals surface area contributed by atoms with Crippen molar-refractivity contribution in [2.45, 2.75) is 24.6 Å². The summed E-state index contributed by atoms with van der Waals surface area (Å²) in [5.74, 6) is 1.91. The molecule has 0 N–H and O–H groups in total. The van der Waals surface area contributed by atoms with Gasteiger partial charge in [-0.25, -0.2) is 0 Å². The van der Waals surface area contributed by atoms with Crippen LogP contribution in [0, 0.1) is 0 Å². The van der Waals surface area contributed by atoms with Crippen LogP contribution in [0.25, 0.3) is 0 Å². The Hall–Kier alpha value is -4.26. The minimum absolute atomic E-state index is 0.00672. The summed E-state index contributed by atoms with van der Waals surface area (Å²) in [7, 11) is 3.22. The van der Waals surface area contributed by atoms with Crippen LogP contribution in [0.1, 0.15) is 6.42 Å². The predicted octanol–water partition coefficient (Wildman–Crippen LogP) is 4.23. The quantitative estimate of drug-likeness (QED) is 0.482. The first-order chi connectivity index (χ1) is 17.1. The van der Waals surface area contributed by atoms with Gasteiger partial charge in [-0.2, -0.15) is 0 Å². The average Bonchev–Trinajstić information content (AvgIpc) is 2.91. The number of hydrogen-bond donors (Lipinski definition) is 0. The van der Waals surface area contributed by atoms with Gasteiger partial charge >= 0.3 is 0 Å². The standard InChI is InChI=1S/C28H26N2O5/c1-33-22-12-8-19(9-13-22)29-17-16-21(31)18-25(29)26-27(35-24-6-4-3-5-7-24)28(32)30(26)20-10-14-23(34-2)15-11-20/h3-17,25-27H,18H2,1-2H3/t25-,26+,27-/m1/s1. The van der Waals surface area contributed by atoms with Crippen molar-refractivity contribution in [2.24, 2.45) is 0 Å². The van der Waals surface area contributed by atoms with E-state index >= 15 is 0 Å². The number of amides is 1. The summed E-state index contributed by atoms with van der Waals surface area (Å²) < 4.78 is 16.8. The first-order valence-corrected chi connectivity index (χ1v) is 11.4. The van der Waals surface area contributed by atoms with E-state index in [4.69, 9.17) is 14.2 Å². The highest BCUT2D eigenvalue weighted by molar-refractivity contribution is 6.06. The van der Waals surface area contributed by atoms with Gasteiger partial charge in [0.25, 0.3) is 5.91 Å². The summed E-state index contributed by atoms with van der Waals surface area (Å²) >= 11 is 0. The Bertz CT molecular complexity index is 1220. The molecule has 2 aliphatic rings. The molecule has 1 fully saturated rings. The summed E-state index contributed by atoms with van der Waals surface area (Å²) in [5, 5.41) is 0. The van der Waals surface area contributed by atoms with Gasteiger partial charge in [0.1, 0.15) is 23.3 Å². The molecule has 1 saturated heterocycles. The maximum Gasteiger partial charge on any atom is 0.270 e. The van der Waals surface area contributed by atoms with E-state index in [0.717, 1.165) is 17.1 Å². The Morgan fingerprint density at radius 3 is 1.94 bits per heavy atom. The molecule has 0 aromatic heterocycles. The van der Waals surface area contributed by atoms with E-state index in [1.165, 1.54) is 0 Å². The largest absolute Gasteiger partial charge is 0.497 e. The maximum atomic E-state index is 13.4. The highest BCUT2D eigenvalue weighted by atomic mass is 16.5. The van der Waals surface area contributed by atoms with Crippen LogP contribution in [0.2, 0.25) is 0 Å². The highest BCUT2D eigenvalue weighted by Crippen LogP contribution is 2.39. The van der Waals surface area contributed by atoms with E-state index in [1.807, 2.05) is 83.8 Å². The first kappa shape index (κ1) is 22.5. The van der Waals surface area contributed by atoms with Gasteiger partial charge in [-0.3, -0.25) is 14.5 Å². The molecule has 7 heteroatoms. The lowest BCUT2D eigenvalue weighted by Crippen LogP contribution is -2.74. The second-order valence-corrected chi connectivity index (χ2v) is 8.41. The smallest absolute Gasteiger partial charge is 0.270 e. The van der Waals surface area contributed by atoms with E-state index in [1.54, 1.807) is 31.4 Å². The number of carbonyl (C=O) groups is 2. The molecule has 2 heterocycles. The second kappa shape index (κ2) is 9.54. The number of ether oxygens (including phenoxy) is 3. The molecule has 35 heavy (non-hydrogen) atoms. The first-order valence-electron chi connectivity index (χ1n) is 11.4. The number of nitrogens with zero attached hydrogens (tertiary/aromatic N) is 2. The van der Waals surface area contributed by atoms with E-state index in [9.17, 15) is 9.59 Å². The molecule has 0 bridgehead atoms. The minimum atomic E-state index is -0.732. The van der Waals surface area contributed by atoms with E-state index < -0.39 is 12.1 Å². The number of β-lactam (4-membered cyclic amide) rings is 1. The second-order valence-electron chi connectivity index (χ2n) is 8.41. The lowest BCUT2D eigenvalue weighted by atomic mass is 9.84. The number of carbonyl (C=O) groups excluding carboxylic acids is 2. The van der Waals surface area contributed by atoms with Crippen LogP contribution in [0.5, 0.6) is 17.2 Å². The topological polar surface area (TPSA) is 68.3 Å². The Balaban J connectivity index is 1.53. The molecule has 0 unspecified atom stereocenters. The fraction of sp³-hybridized carbons (Fsp3) is 0.214. The molecule has 5 rings (SSSR count). The summed E-state index contributed by atoms with van der Waals surface area (Å²) in [4.78, 5) is 29.7. The van der Waals surface area contributed by atoms with Gasteiger partial charge in [0.05, 0.1) is 20.3 Å². The SMILES string of the molecule is COc1ccc(N2C=CC(=O)C[C@@H]2[C@H]2[C@@H](Oc3ccccc3)C(=O)N2c2ccc(OC)cc2)cc1. The minimum Gasteiger partial charge on any atom is -0.497 e. The molecule has 7 nitrogen and oxygen atoms in total. The van der Waals surface area contributed by atoms with Crippen LogP contribution in [0.15, 0.2) is 91.1 Å². The van der Waals surface area contributed by atoms with E-state index in [0.29, 0.717) is 11.5 Å². The summed E-state index contributed by atoms with van der Waals surface area (Å²) in [6, 6.07) is 23.5. The molecule has 3 aromatic carbocycles. The van der Waals surface area contributed by atoms with Crippen molar-refractivity contribution in [2.75, 3.05) is 24.0 Å². The van der Waals surface area contributed by atoms with Gasteiger partial charge < -0.3 is 19.1 Å². The zero-order valence-corrected chi connectivity index (χ0v) is 19.5. The number of rotatable bonds is 7. The Labute approximate surface area is 204 Å². The van der Waals surface area contributed by atoms with Crippen molar-refractivity contribution in [3.8, 4) is 17.2 Å². The van der Waals surface area contributed by atoms with Gasteiger partial charge in [-0.05, 0) is 66.7 Å². The van der Waals surface area contributed by atoms with Crippen LogP contribution >= 0.6 is 0 Å². The zero-order valence-electron chi connectivity index (χ0n) is 19.5. The molecule has 0 radical (unpaired) electrons. The molecular formula is C28H26N2O5. The lowest BCUT2D eigenvalue weighted by molar-refractivity contribution is -0.136. The lowest BCUT2D eigenvalue weighted by Gasteiger charge is -2.52. The fourth-order valence-electron chi connectivity index (χ4n) is 4.63. The molecule has 0 spiro atoms. The van der Waals surface area contributed by atoms with Crippen LogP contribution in [-0.2, 0) is 9.59 Å². The molecule has 0 aliphatic carbocycles. The zero-order chi connectivity index (χ0) is 24.4. The van der Waals surface area contributed by atoms with Crippen molar-refractivity contribution in [1.29, 1.82) is 0 Å². The number of para-hydroxylation sites is 1. The summed E-state index contributed by atoms with van der Waals surface area (Å²) in [6.07, 6.45) is 2.88. The monoisotopic (exact) mass is 470 g/mol. The number of hydrogen-bond acceptors (Lipinski definition) is 6. The van der Waals surface area contributed by atoms with Crippen molar-refractivity contribution in [3.63, 3.8) is 0 Å². The van der Waals surface area contributed by atoms with Gasteiger partial charge in [0, 0.05) is 24.0 Å². The van der Waals surface area contributed by atoms with Gasteiger partial charge in [0.2, 0.25) is 0 Å². The van der Waals surface area contributed by atoms with Crippen molar-refractivity contribution >= 4 is 23.1 Å². The molecule has 3 aromatic rings. The van der Waals surface area contributed by atoms with Crippen molar-refractivity contribution < 1.29 is 23.8 Å². The highest BCUT2D eigenvalue weighted by Gasteiger charge is 2.55. The Morgan fingerprint density at radius 2 is 1.34 bits per heavy atom. The average molecular weight is 471 g/mol. The van der Waals surface area contributed by atoms with Gasteiger partial charge in [-0.1, -0.05) is 18.2 Å². The number of benzene rings is 3. The van der Waals surface area contributed by atoms with E-state index in [-0.39, 0.29) is 24.2 Å². The van der Waals surface area contributed by atoms with Gasteiger partial charge in [0.15, 0.2) is 11.9 Å². The molecular weight excluding hydrogens is 444 g/mol. The third-order valence-electron chi connectivity index (χ3n) is 6.40. The normalized spacial score (nSPS) is 21.5. The Morgan fingerprint density at radius 1 is 0.743 bits per heavy atom. The van der Waals surface area contributed by atoms with Crippen molar-refractivity contribution in [1.82, 2.24) is 0 Å². The third-order valence-corrected chi connectivity index (χ3v) is 6.40. The van der Waals surface area contributed by atoms with Crippen LogP contribution in [-0.4, -0.2) is 44.1 Å². The van der Waals surface area contributed by atoms with E-state index in [2.05, 4.69) is 0 Å². The molecule has 0 saturated carbocycles. The predicted molar refractivity (Wildman–Crippen MR) is 133 cm³/mol. The number of ketones is 1. The van der Waals surface area contributed by atoms with Crippen molar-refractivity contribution in [3.05, 3.63) is 91.1 Å². The molecule has 3 atom stereocenters. The maximum absolute atomic E-state index is 13.4.